The average molecular weight is 294 g/mol. The zero-order valence-corrected chi connectivity index (χ0v) is 13.1. The Morgan fingerprint density at radius 3 is 2.70 bits per heavy atom. The minimum atomic E-state index is 0.0897. The third-order valence-electron chi connectivity index (χ3n) is 2.96. The maximum Gasteiger partial charge on any atom is 0.248 e. The fraction of sp³-hybridized carbons (Fsp3) is 0.467. The van der Waals surface area contributed by atoms with E-state index in [0.717, 1.165) is 17.7 Å². The van der Waals surface area contributed by atoms with E-state index in [2.05, 4.69) is 36.3 Å². The number of hydrogen-bond donors (Lipinski definition) is 1. The third kappa shape index (κ3) is 3.81. The molecule has 1 aromatic carbocycles. The minimum Gasteiger partial charge on any atom is -0.421 e. The van der Waals surface area contributed by atoms with Gasteiger partial charge in [0.15, 0.2) is 0 Å². The van der Waals surface area contributed by atoms with E-state index in [4.69, 9.17) is 16.0 Å². The van der Waals surface area contributed by atoms with Crippen LogP contribution in [-0.2, 0) is 6.42 Å². The Labute approximate surface area is 124 Å². The molecule has 0 saturated heterocycles. The summed E-state index contributed by atoms with van der Waals surface area (Å²) < 4.78 is 5.70. The predicted molar refractivity (Wildman–Crippen MR) is 80.9 cm³/mol. The molecule has 2 rings (SSSR count). The van der Waals surface area contributed by atoms with Gasteiger partial charge in [-0.3, -0.25) is 0 Å². The molecule has 2 aromatic rings. The molecule has 108 valence electrons. The van der Waals surface area contributed by atoms with Crippen molar-refractivity contribution < 1.29 is 4.42 Å². The molecule has 0 atom stereocenters. The Morgan fingerprint density at radius 2 is 2.00 bits per heavy atom. The van der Waals surface area contributed by atoms with Crippen LogP contribution in [0.2, 0.25) is 5.02 Å². The monoisotopic (exact) mass is 293 g/mol. The molecule has 0 aliphatic rings. The fourth-order valence-electron chi connectivity index (χ4n) is 1.85. The topological polar surface area (TPSA) is 51.0 Å². The Morgan fingerprint density at radius 1 is 1.25 bits per heavy atom. The van der Waals surface area contributed by atoms with Gasteiger partial charge in [0.05, 0.1) is 0 Å². The first-order chi connectivity index (χ1) is 9.37. The van der Waals surface area contributed by atoms with Crippen LogP contribution in [0.25, 0.3) is 11.5 Å². The Balaban J connectivity index is 2.07. The van der Waals surface area contributed by atoms with Gasteiger partial charge in [-0.15, -0.1) is 10.2 Å². The lowest BCUT2D eigenvalue weighted by molar-refractivity contribution is 0.412. The maximum absolute atomic E-state index is 6.10. The highest BCUT2D eigenvalue weighted by molar-refractivity contribution is 6.31. The van der Waals surface area contributed by atoms with Crippen LogP contribution in [-0.4, -0.2) is 22.3 Å². The van der Waals surface area contributed by atoms with E-state index in [9.17, 15) is 0 Å². The largest absolute Gasteiger partial charge is 0.421 e. The quantitative estimate of drug-likeness (QED) is 0.935. The van der Waals surface area contributed by atoms with Gasteiger partial charge in [0.2, 0.25) is 11.8 Å². The number of nitrogens with zero attached hydrogens (tertiary/aromatic N) is 2. The zero-order chi connectivity index (χ0) is 14.8. The smallest absolute Gasteiger partial charge is 0.248 e. The highest BCUT2D eigenvalue weighted by Gasteiger charge is 2.13. The number of aromatic nitrogens is 2. The molecule has 0 amide bonds. The molecule has 5 heteroatoms. The second-order valence-electron chi connectivity index (χ2n) is 5.84. The molecule has 0 radical (unpaired) electrons. The molecule has 20 heavy (non-hydrogen) atoms. The van der Waals surface area contributed by atoms with Gasteiger partial charge in [0, 0.05) is 29.1 Å². The summed E-state index contributed by atoms with van der Waals surface area (Å²) in [4.78, 5) is 0. The van der Waals surface area contributed by atoms with Crippen LogP contribution >= 0.6 is 11.6 Å². The highest BCUT2D eigenvalue weighted by atomic mass is 35.5. The van der Waals surface area contributed by atoms with E-state index < -0.39 is 0 Å². The molecule has 0 unspecified atom stereocenters. The van der Waals surface area contributed by atoms with Crippen molar-refractivity contribution in [2.45, 2.75) is 39.7 Å². The summed E-state index contributed by atoms with van der Waals surface area (Å²) in [7, 11) is 0. The van der Waals surface area contributed by atoms with Crippen molar-refractivity contribution in [2.75, 3.05) is 6.54 Å². The number of nitrogens with one attached hydrogen (secondary N) is 1. The molecule has 0 fully saturated rings. The van der Waals surface area contributed by atoms with Crippen LogP contribution in [0.15, 0.2) is 22.6 Å². The first kappa shape index (κ1) is 15.0. The van der Waals surface area contributed by atoms with E-state index in [-0.39, 0.29) is 5.54 Å². The second kappa shape index (κ2) is 5.94. The SMILES string of the molecule is Cc1c(Cl)cccc1-c1nnc(CCNC(C)(C)C)o1. The molecule has 0 saturated carbocycles. The Bertz CT molecular complexity index is 587. The highest BCUT2D eigenvalue weighted by Crippen LogP contribution is 2.27. The van der Waals surface area contributed by atoms with Crippen LogP contribution in [0.1, 0.15) is 32.2 Å². The lowest BCUT2D eigenvalue weighted by Crippen LogP contribution is -2.37. The van der Waals surface area contributed by atoms with Crippen molar-refractivity contribution in [3.8, 4) is 11.5 Å². The number of halogens is 1. The van der Waals surface area contributed by atoms with Crippen molar-refractivity contribution in [2.24, 2.45) is 0 Å². The summed E-state index contributed by atoms with van der Waals surface area (Å²) in [6.07, 6.45) is 0.712. The van der Waals surface area contributed by atoms with E-state index in [1.165, 1.54) is 0 Å². The van der Waals surface area contributed by atoms with Gasteiger partial charge in [-0.25, -0.2) is 0 Å². The molecule has 1 N–H and O–H groups in total. The first-order valence-corrected chi connectivity index (χ1v) is 7.07. The molecular weight excluding hydrogens is 274 g/mol. The van der Waals surface area contributed by atoms with Gasteiger partial charge in [-0.05, 0) is 45.4 Å². The van der Waals surface area contributed by atoms with E-state index in [1.54, 1.807) is 0 Å². The fourth-order valence-corrected chi connectivity index (χ4v) is 2.02. The van der Waals surface area contributed by atoms with Gasteiger partial charge in [0.25, 0.3) is 0 Å². The van der Waals surface area contributed by atoms with Crippen molar-refractivity contribution in [3.05, 3.63) is 34.7 Å². The summed E-state index contributed by atoms with van der Waals surface area (Å²) in [6.45, 7) is 9.13. The standard InChI is InChI=1S/C15H20ClN3O/c1-10-11(6-5-7-12(10)16)14-19-18-13(20-14)8-9-17-15(2,3)4/h5-7,17H,8-9H2,1-4H3. The normalized spacial score (nSPS) is 11.8. The van der Waals surface area contributed by atoms with E-state index in [0.29, 0.717) is 23.2 Å². The van der Waals surface area contributed by atoms with Crippen LogP contribution in [0.3, 0.4) is 0 Å². The molecule has 0 aliphatic carbocycles. The lowest BCUT2D eigenvalue weighted by atomic mass is 10.1. The van der Waals surface area contributed by atoms with Crippen molar-refractivity contribution in [3.63, 3.8) is 0 Å². The lowest BCUT2D eigenvalue weighted by Gasteiger charge is -2.19. The minimum absolute atomic E-state index is 0.0897. The number of hydrogen-bond acceptors (Lipinski definition) is 4. The van der Waals surface area contributed by atoms with Gasteiger partial charge in [0.1, 0.15) is 0 Å². The summed E-state index contributed by atoms with van der Waals surface area (Å²) >= 11 is 6.10. The Hall–Kier alpha value is -1.39. The van der Waals surface area contributed by atoms with Gasteiger partial charge in [-0.2, -0.15) is 0 Å². The molecule has 1 aromatic heterocycles. The molecule has 0 spiro atoms. The second-order valence-corrected chi connectivity index (χ2v) is 6.25. The number of benzene rings is 1. The maximum atomic E-state index is 6.10. The molecule has 0 aliphatic heterocycles. The van der Waals surface area contributed by atoms with E-state index in [1.807, 2.05) is 25.1 Å². The third-order valence-corrected chi connectivity index (χ3v) is 3.37. The summed E-state index contributed by atoms with van der Waals surface area (Å²) in [5.74, 6) is 1.16. The van der Waals surface area contributed by atoms with Crippen molar-refractivity contribution in [1.82, 2.24) is 15.5 Å². The Kier molecular flexibility index (Phi) is 4.45. The molecule has 0 bridgehead atoms. The van der Waals surface area contributed by atoms with Crippen LogP contribution < -0.4 is 5.32 Å². The zero-order valence-electron chi connectivity index (χ0n) is 12.3. The predicted octanol–water partition coefficient (Wildman–Crippen LogP) is 3.63. The summed E-state index contributed by atoms with van der Waals surface area (Å²) in [5.41, 5.74) is 1.93. The van der Waals surface area contributed by atoms with E-state index >= 15 is 0 Å². The molecule has 4 nitrogen and oxygen atoms in total. The van der Waals surface area contributed by atoms with Crippen molar-refractivity contribution in [1.29, 1.82) is 0 Å². The van der Waals surface area contributed by atoms with Crippen LogP contribution in [0, 0.1) is 6.92 Å². The van der Waals surface area contributed by atoms with Gasteiger partial charge >= 0.3 is 0 Å². The molecule has 1 heterocycles. The summed E-state index contributed by atoms with van der Waals surface area (Å²) in [6, 6.07) is 5.67. The average Bonchev–Trinajstić information content (AvgIpc) is 2.79. The number of rotatable bonds is 4. The van der Waals surface area contributed by atoms with Crippen molar-refractivity contribution >= 4 is 11.6 Å². The van der Waals surface area contributed by atoms with Gasteiger partial charge in [-0.1, -0.05) is 17.7 Å². The van der Waals surface area contributed by atoms with Gasteiger partial charge < -0.3 is 9.73 Å². The first-order valence-electron chi connectivity index (χ1n) is 6.70. The van der Waals surface area contributed by atoms with Crippen LogP contribution in [0.5, 0.6) is 0 Å². The summed E-state index contributed by atoms with van der Waals surface area (Å²) in [5, 5.41) is 12.3. The molecular formula is C15H20ClN3O. The van der Waals surface area contributed by atoms with Crippen LogP contribution in [0.4, 0.5) is 0 Å².